The van der Waals surface area contributed by atoms with Gasteiger partial charge >= 0.3 is 0 Å². The Morgan fingerprint density at radius 2 is 1.77 bits per heavy atom. The summed E-state index contributed by atoms with van der Waals surface area (Å²) >= 11 is 0.572. The van der Waals surface area contributed by atoms with Crippen molar-refractivity contribution in [1.82, 2.24) is 10.2 Å². The third-order valence-electron chi connectivity index (χ3n) is 4.54. The number of nitrogens with zero attached hydrogens (tertiary/aromatic N) is 1. The number of hydrogen-bond donors (Lipinski definition) is 1. The fraction of sp³-hybridized carbons (Fsp3) is 0.474. The van der Waals surface area contributed by atoms with Gasteiger partial charge in [-0.3, -0.25) is 4.90 Å². The van der Waals surface area contributed by atoms with E-state index in [-0.39, 0.29) is 11.6 Å². The summed E-state index contributed by atoms with van der Waals surface area (Å²) in [6.07, 6.45) is 2.08. The molecule has 3 nitrogen and oxygen atoms in total. The summed E-state index contributed by atoms with van der Waals surface area (Å²) in [5.74, 6) is -1.02. The van der Waals surface area contributed by atoms with Gasteiger partial charge < -0.3 is 9.73 Å². The maximum absolute atomic E-state index is 13.0. The van der Waals surface area contributed by atoms with Gasteiger partial charge in [-0.05, 0) is 55.8 Å². The Hall–Kier alpha value is -1.44. The Labute approximate surface area is 155 Å². The van der Waals surface area contributed by atoms with Gasteiger partial charge in [-0.1, -0.05) is 23.9 Å². The minimum Gasteiger partial charge on any atom is -0.464 e. The normalized spacial score (nSPS) is 16.5. The van der Waals surface area contributed by atoms with Crippen LogP contribution in [0, 0.1) is 5.82 Å². The summed E-state index contributed by atoms with van der Waals surface area (Å²) < 4.78 is 42.9. The van der Waals surface area contributed by atoms with E-state index in [0.29, 0.717) is 30.1 Å². The summed E-state index contributed by atoms with van der Waals surface area (Å²) in [5, 5.41) is 3.48. The molecule has 2 heterocycles. The van der Waals surface area contributed by atoms with Crippen LogP contribution in [-0.4, -0.2) is 29.8 Å². The summed E-state index contributed by atoms with van der Waals surface area (Å²) in [6, 6.07) is 10.7. The monoisotopic (exact) mass is 384 g/mol. The smallest absolute Gasteiger partial charge is 0.284 e. The molecule has 1 aliphatic heterocycles. The van der Waals surface area contributed by atoms with E-state index in [9.17, 15) is 13.2 Å². The molecule has 142 valence electrons. The Morgan fingerprint density at radius 3 is 2.46 bits per heavy atom. The maximum atomic E-state index is 13.0. The van der Waals surface area contributed by atoms with Crippen molar-refractivity contribution < 1.29 is 17.6 Å². The van der Waals surface area contributed by atoms with Crippen LogP contribution < -0.4 is 5.32 Å². The van der Waals surface area contributed by atoms with Crippen molar-refractivity contribution in [1.29, 1.82) is 0 Å². The molecule has 1 aliphatic rings. The summed E-state index contributed by atoms with van der Waals surface area (Å²) in [7, 11) is 0. The number of alkyl halides is 2. The molecule has 1 aromatic heterocycles. The average Bonchev–Trinajstić information content (AvgIpc) is 3.09. The van der Waals surface area contributed by atoms with Gasteiger partial charge in [0.15, 0.2) is 0 Å². The lowest BCUT2D eigenvalue weighted by Crippen LogP contribution is -2.41. The molecule has 1 aromatic carbocycles. The Bertz CT molecular complexity index is 670. The maximum Gasteiger partial charge on any atom is 0.284 e. The summed E-state index contributed by atoms with van der Waals surface area (Å²) in [5.41, 5.74) is 1.13. The minimum absolute atomic E-state index is 0.194. The fourth-order valence-electron chi connectivity index (χ4n) is 3.13. The zero-order valence-corrected chi connectivity index (χ0v) is 15.3. The van der Waals surface area contributed by atoms with Gasteiger partial charge in [0, 0.05) is 12.6 Å². The highest BCUT2D eigenvalue weighted by Crippen LogP contribution is 2.21. The standard InChI is InChI=1S/C19H23F3N2OS/c20-15-3-1-14(2-4-15)12-24-9-7-16(8-10-24)23-11-17-5-6-18(25-17)13-26-19(21)22/h1-6,16,19,23H,7-13H2. The molecule has 0 radical (unpaired) electrons. The first-order valence-corrected chi connectivity index (χ1v) is 9.81. The second-order valence-corrected chi connectivity index (χ2v) is 7.48. The number of halogens is 3. The number of benzene rings is 1. The molecule has 0 bridgehead atoms. The van der Waals surface area contributed by atoms with E-state index in [1.807, 2.05) is 18.2 Å². The number of nitrogens with one attached hydrogen (secondary N) is 1. The highest BCUT2D eigenvalue weighted by atomic mass is 32.2. The first-order chi connectivity index (χ1) is 12.6. The minimum atomic E-state index is -2.37. The summed E-state index contributed by atoms with van der Waals surface area (Å²) in [6.45, 7) is 3.44. The number of furan rings is 1. The molecule has 0 unspecified atom stereocenters. The molecule has 26 heavy (non-hydrogen) atoms. The third-order valence-corrected chi connectivity index (χ3v) is 5.24. The fourth-order valence-corrected chi connectivity index (χ4v) is 3.57. The van der Waals surface area contributed by atoms with E-state index in [0.717, 1.165) is 43.8 Å². The van der Waals surface area contributed by atoms with Crippen molar-refractivity contribution in [2.45, 2.75) is 43.5 Å². The molecular weight excluding hydrogens is 361 g/mol. The van der Waals surface area contributed by atoms with Gasteiger partial charge in [0.25, 0.3) is 5.76 Å². The van der Waals surface area contributed by atoms with E-state index in [4.69, 9.17) is 4.42 Å². The lowest BCUT2D eigenvalue weighted by molar-refractivity contribution is 0.188. The largest absolute Gasteiger partial charge is 0.464 e. The third kappa shape index (κ3) is 6.07. The first kappa shape index (κ1) is 19.3. The van der Waals surface area contributed by atoms with Crippen molar-refractivity contribution in [3.63, 3.8) is 0 Å². The predicted molar refractivity (Wildman–Crippen MR) is 97.5 cm³/mol. The van der Waals surface area contributed by atoms with Gasteiger partial charge in [-0.2, -0.15) is 8.78 Å². The lowest BCUT2D eigenvalue weighted by atomic mass is 10.0. The van der Waals surface area contributed by atoms with Crippen molar-refractivity contribution in [3.8, 4) is 0 Å². The van der Waals surface area contributed by atoms with Gasteiger partial charge in [0.05, 0.1) is 12.3 Å². The zero-order valence-electron chi connectivity index (χ0n) is 14.5. The van der Waals surface area contributed by atoms with E-state index in [1.165, 1.54) is 12.1 Å². The molecule has 7 heteroatoms. The second kappa shape index (κ2) is 9.48. The SMILES string of the molecule is Fc1ccc(CN2CCC(NCc3ccc(CSC(F)F)o3)CC2)cc1. The van der Waals surface area contributed by atoms with Gasteiger partial charge in [0.1, 0.15) is 17.3 Å². The molecule has 0 aliphatic carbocycles. The molecule has 1 fully saturated rings. The zero-order chi connectivity index (χ0) is 18.4. The number of hydrogen-bond acceptors (Lipinski definition) is 4. The number of piperidine rings is 1. The van der Waals surface area contributed by atoms with E-state index < -0.39 is 5.76 Å². The molecule has 0 atom stereocenters. The van der Waals surface area contributed by atoms with Gasteiger partial charge in [-0.15, -0.1) is 0 Å². The van der Waals surface area contributed by atoms with Gasteiger partial charge in [-0.25, -0.2) is 4.39 Å². The van der Waals surface area contributed by atoms with Gasteiger partial charge in [0.2, 0.25) is 0 Å². The molecule has 1 N–H and O–H groups in total. The van der Waals surface area contributed by atoms with Crippen molar-refractivity contribution >= 4 is 11.8 Å². The van der Waals surface area contributed by atoms with Crippen LogP contribution >= 0.6 is 11.8 Å². The molecule has 0 spiro atoms. The molecule has 0 saturated carbocycles. The van der Waals surface area contributed by atoms with Crippen LogP contribution in [0.25, 0.3) is 0 Å². The Morgan fingerprint density at radius 1 is 1.08 bits per heavy atom. The lowest BCUT2D eigenvalue weighted by Gasteiger charge is -2.32. The van der Waals surface area contributed by atoms with Crippen LogP contribution in [0.3, 0.4) is 0 Å². The molecular formula is C19H23F3N2OS. The number of rotatable bonds is 8. The topological polar surface area (TPSA) is 28.4 Å². The molecule has 3 rings (SSSR count). The molecule has 2 aromatic rings. The first-order valence-electron chi connectivity index (χ1n) is 8.76. The number of thioether (sulfide) groups is 1. The second-order valence-electron chi connectivity index (χ2n) is 6.50. The van der Waals surface area contributed by atoms with E-state index in [1.54, 1.807) is 6.07 Å². The van der Waals surface area contributed by atoms with Crippen LogP contribution in [0.15, 0.2) is 40.8 Å². The molecule has 1 saturated heterocycles. The van der Waals surface area contributed by atoms with Crippen LogP contribution in [0.5, 0.6) is 0 Å². The highest BCUT2D eigenvalue weighted by molar-refractivity contribution is 7.98. The Kier molecular flexibility index (Phi) is 7.05. The quantitative estimate of drug-likeness (QED) is 0.718. The molecule has 0 amide bonds. The van der Waals surface area contributed by atoms with Crippen molar-refractivity contribution in [2.24, 2.45) is 0 Å². The van der Waals surface area contributed by atoms with Crippen LogP contribution in [0.2, 0.25) is 0 Å². The number of likely N-dealkylation sites (tertiary alicyclic amines) is 1. The van der Waals surface area contributed by atoms with Crippen molar-refractivity contribution in [3.05, 3.63) is 59.3 Å². The van der Waals surface area contributed by atoms with E-state index >= 15 is 0 Å². The van der Waals surface area contributed by atoms with Crippen LogP contribution in [0.4, 0.5) is 13.2 Å². The van der Waals surface area contributed by atoms with Crippen molar-refractivity contribution in [2.75, 3.05) is 13.1 Å². The predicted octanol–water partition coefficient (Wildman–Crippen LogP) is 4.63. The highest BCUT2D eigenvalue weighted by Gasteiger charge is 2.19. The Balaban J connectivity index is 1.37. The summed E-state index contributed by atoms with van der Waals surface area (Å²) in [4.78, 5) is 2.37. The van der Waals surface area contributed by atoms with E-state index in [2.05, 4.69) is 10.2 Å². The van der Waals surface area contributed by atoms with Crippen LogP contribution in [0.1, 0.15) is 29.9 Å². The van der Waals surface area contributed by atoms with Crippen LogP contribution in [-0.2, 0) is 18.8 Å². The average molecular weight is 384 g/mol.